The van der Waals surface area contributed by atoms with Crippen molar-refractivity contribution in [1.82, 2.24) is 10.6 Å². The summed E-state index contributed by atoms with van der Waals surface area (Å²) in [6, 6.07) is 0. The molecule has 0 aliphatic heterocycles. The van der Waals surface area contributed by atoms with Gasteiger partial charge in [0.1, 0.15) is 0 Å². The average molecular weight is 212 g/mol. The van der Waals surface area contributed by atoms with Crippen LogP contribution in [0.4, 0.5) is 0 Å². The predicted molar refractivity (Wildman–Crippen MR) is 60.2 cm³/mol. The van der Waals surface area contributed by atoms with E-state index < -0.39 is 0 Å². The largest absolute Gasteiger partial charge is 0.396 e. The number of aliphatic hydroxyl groups is 1. The smallest absolute Gasteiger partial charge is 0.234 e. The lowest BCUT2D eigenvalue weighted by Gasteiger charge is -2.23. The quantitative estimate of drug-likeness (QED) is 0.402. The molecule has 0 aliphatic rings. The second kappa shape index (κ2) is 7.27. The molecule has 0 fully saturated rings. The standard InChI is InChI=1S/C11H20N2O2/c1-4-6-12-8-10(15)13-9-11(2,3)5-7-14/h1,12,14H,5-9H2,2-3H3,(H,13,15). The predicted octanol–water partition coefficient (Wildman–Crippen LogP) is -0.266. The number of hydrogen-bond donors (Lipinski definition) is 3. The molecule has 0 aromatic carbocycles. The molecule has 0 radical (unpaired) electrons. The molecule has 4 nitrogen and oxygen atoms in total. The van der Waals surface area contributed by atoms with E-state index in [9.17, 15) is 4.79 Å². The van der Waals surface area contributed by atoms with Crippen molar-refractivity contribution in [2.45, 2.75) is 20.3 Å². The Morgan fingerprint density at radius 2 is 2.20 bits per heavy atom. The number of aliphatic hydroxyl groups excluding tert-OH is 1. The summed E-state index contributed by atoms with van der Waals surface area (Å²) < 4.78 is 0. The van der Waals surface area contributed by atoms with E-state index in [2.05, 4.69) is 16.6 Å². The van der Waals surface area contributed by atoms with Crippen LogP contribution in [0.1, 0.15) is 20.3 Å². The van der Waals surface area contributed by atoms with Crippen LogP contribution in [0, 0.1) is 17.8 Å². The average Bonchev–Trinajstić information content (AvgIpc) is 2.15. The summed E-state index contributed by atoms with van der Waals surface area (Å²) >= 11 is 0. The monoisotopic (exact) mass is 212 g/mol. The summed E-state index contributed by atoms with van der Waals surface area (Å²) in [5, 5.41) is 14.4. The van der Waals surface area contributed by atoms with Crippen LogP contribution in [0.15, 0.2) is 0 Å². The zero-order valence-corrected chi connectivity index (χ0v) is 9.47. The Morgan fingerprint density at radius 3 is 2.73 bits per heavy atom. The van der Waals surface area contributed by atoms with E-state index in [0.717, 1.165) is 0 Å². The fourth-order valence-corrected chi connectivity index (χ4v) is 1.04. The Labute approximate surface area is 91.4 Å². The summed E-state index contributed by atoms with van der Waals surface area (Å²) in [6.07, 6.45) is 5.70. The van der Waals surface area contributed by atoms with Gasteiger partial charge in [-0.25, -0.2) is 0 Å². The van der Waals surface area contributed by atoms with Gasteiger partial charge < -0.3 is 10.4 Å². The van der Waals surface area contributed by atoms with Gasteiger partial charge in [0, 0.05) is 13.2 Å². The van der Waals surface area contributed by atoms with Crippen LogP contribution in [-0.2, 0) is 4.79 Å². The van der Waals surface area contributed by atoms with Gasteiger partial charge in [-0.1, -0.05) is 19.8 Å². The molecule has 3 N–H and O–H groups in total. The van der Waals surface area contributed by atoms with Gasteiger partial charge in [-0.05, 0) is 11.8 Å². The number of terminal acetylenes is 1. The number of carbonyl (C=O) groups is 1. The topological polar surface area (TPSA) is 61.4 Å². The highest BCUT2D eigenvalue weighted by atomic mass is 16.3. The Balaban J connectivity index is 3.66. The minimum absolute atomic E-state index is 0.0729. The summed E-state index contributed by atoms with van der Waals surface area (Å²) in [5.74, 6) is 2.32. The fraction of sp³-hybridized carbons (Fsp3) is 0.727. The van der Waals surface area contributed by atoms with E-state index in [1.165, 1.54) is 0 Å². The molecule has 0 bridgehead atoms. The molecule has 0 heterocycles. The van der Waals surface area contributed by atoms with Gasteiger partial charge in [-0.3, -0.25) is 10.1 Å². The minimum Gasteiger partial charge on any atom is -0.396 e. The maximum absolute atomic E-state index is 11.3. The molecule has 0 aliphatic carbocycles. The maximum atomic E-state index is 11.3. The van der Waals surface area contributed by atoms with Crippen LogP contribution in [-0.4, -0.2) is 37.3 Å². The van der Waals surface area contributed by atoms with E-state index in [1.807, 2.05) is 13.8 Å². The van der Waals surface area contributed by atoms with Crippen molar-refractivity contribution in [1.29, 1.82) is 0 Å². The van der Waals surface area contributed by atoms with Crippen molar-refractivity contribution in [3.8, 4) is 12.3 Å². The number of rotatable bonds is 7. The Kier molecular flexibility index (Phi) is 6.76. The fourth-order valence-electron chi connectivity index (χ4n) is 1.04. The second-order valence-corrected chi connectivity index (χ2v) is 4.22. The van der Waals surface area contributed by atoms with Crippen molar-refractivity contribution < 1.29 is 9.90 Å². The molecule has 86 valence electrons. The molecule has 0 unspecified atom stereocenters. The summed E-state index contributed by atoms with van der Waals surface area (Å²) in [7, 11) is 0. The van der Waals surface area contributed by atoms with Gasteiger partial charge in [-0.2, -0.15) is 0 Å². The number of nitrogens with one attached hydrogen (secondary N) is 2. The summed E-state index contributed by atoms with van der Waals surface area (Å²) in [5.41, 5.74) is -0.0729. The van der Waals surface area contributed by atoms with E-state index in [-0.39, 0.29) is 24.5 Å². The first-order valence-electron chi connectivity index (χ1n) is 5.03. The Hall–Kier alpha value is -1.05. The second-order valence-electron chi connectivity index (χ2n) is 4.22. The third kappa shape index (κ3) is 7.98. The number of amides is 1. The van der Waals surface area contributed by atoms with Crippen molar-refractivity contribution in [2.24, 2.45) is 5.41 Å². The lowest BCUT2D eigenvalue weighted by molar-refractivity contribution is -0.120. The molecule has 15 heavy (non-hydrogen) atoms. The van der Waals surface area contributed by atoms with E-state index in [0.29, 0.717) is 19.5 Å². The van der Waals surface area contributed by atoms with Crippen LogP contribution < -0.4 is 10.6 Å². The van der Waals surface area contributed by atoms with Crippen molar-refractivity contribution >= 4 is 5.91 Å². The molecular formula is C11H20N2O2. The summed E-state index contributed by atoms with van der Waals surface area (Å²) in [6.45, 7) is 5.33. The van der Waals surface area contributed by atoms with E-state index in [1.54, 1.807) is 0 Å². The first-order valence-corrected chi connectivity index (χ1v) is 5.03. The zero-order chi connectivity index (χ0) is 11.7. The van der Waals surface area contributed by atoms with Crippen molar-refractivity contribution in [2.75, 3.05) is 26.2 Å². The molecule has 0 spiro atoms. The summed E-state index contributed by atoms with van der Waals surface area (Å²) in [4.78, 5) is 11.3. The molecule has 4 heteroatoms. The van der Waals surface area contributed by atoms with Gasteiger partial charge in [0.15, 0.2) is 0 Å². The SMILES string of the molecule is C#CCNCC(=O)NCC(C)(C)CCO. The Morgan fingerprint density at radius 1 is 1.53 bits per heavy atom. The van der Waals surface area contributed by atoms with Crippen LogP contribution in [0.5, 0.6) is 0 Å². The van der Waals surface area contributed by atoms with Crippen LogP contribution >= 0.6 is 0 Å². The molecule has 0 rings (SSSR count). The lowest BCUT2D eigenvalue weighted by atomic mass is 9.90. The number of carbonyl (C=O) groups excluding carboxylic acids is 1. The molecule has 0 saturated carbocycles. The molecule has 0 aromatic heterocycles. The van der Waals surface area contributed by atoms with E-state index in [4.69, 9.17) is 11.5 Å². The van der Waals surface area contributed by atoms with Crippen LogP contribution in [0.2, 0.25) is 0 Å². The number of hydrogen-bond acceptors (Lipinski definition) is 3. The lowest BCUT2D eigenvalue weighted by Crippen LogP contribution is -2.39. The third-order valence-electron chi connectivity index (χ3n) is 2.07. The molecule has 1 amide bonds. The highest BCUT2D eigenvalue weighted by Crippen LogP contribution is 2.17. The highest BCUT2D eigenvalue weighted by molar-refractivity contribution is 5.78. The van der Waals surface area contributed by atoms with Crippen molar-refractivity contribution in [3.63, 3.8) is 0 Å². The van der Waals surface area contributed by atoms with Gasteiger partial charge in [0.25, 0.3) is 0 Å². The van der Waals surface area contributed by atoms with Gasteiger partial charge in [0.05, 0.1) is 13.1 Å². The first kappa shape index (κ1) is 13.9. The zero-order valence-electron chi connectivity index (χ0n) is 9.47. The molecule has 0 atom stereocenters. The van der Waals surface area contributed by atoms with Crippen LogP contribution in [0.25, 0.3) is 0 Å². The normalized spacial score (nSPS) is 10.8. The minimum atomic E-state index is -0.0729. The third-order valence-corrected chi connectivity index (χ3v) is 2.07. The molecule has 0 saturated heterocycles. The maximum Gasteiger partial charge on any atom is 0.234 e. The highest BCUT2D eigenvalue weighted by Gasteiger charge is 2.17. The van der Waals surface area contributed by atoms with Gasteiger partial charge in [0.2, 0.25) is 5.91 Å². The van der Waals surface area contributed by atoms with Gasteiger partial charge in [-0.15, -0.1) is 6.42 Å². The van der Waals surface area contributed by atoms with Gasteiger partial charge >= 0.3 is 0 Å². The first-order chi connectivity index (χ1) is 7.02. The molecular weight excluding hydrogens is 192 g/mol. The van der Waals surface area contributed by atoms with Crippen molar-refractivity contribution in [3.05, 3.63) is 0 Å². The van der Waals surface area contributed by atoms with Crippen LogP contribution in [0.3, 0.4) is 0 Å². The Bertz CT molecular complexity index is 231. The molecule has 0 aromatic rings. The van der Waals surface area contributed by atoms with E-state index >= 15 is 0 Å².